The Kier molecular flexibility index (Phi) is 7.17. The number of esters is 1. The Labute approximate surface area is 204 Å². The van der Waals surface area contributed by atoms with Crippen molar-refractivity contribution >= 4 is 11.9 Å². The van der Waals surface area contributed by atoms with Gasteiger partial charge in [-0.15, -0.1) is 0 Å². The second kappa shape index (κ2) is 10.3. The molecule has 1 unspecified atom stereocenters. The number of rotatable bonds is 9. The molecular formula is C29H41NO4. The minimum atomic E-state index is -0.301. The molecule has 0 saturated heterocycles. The van der Waals surface area contributed by atoms with E-state index in [9.17, 15) is 9.59 Å². The van der Waals surface area contributed by atoms with Crippen molar-refractivity contribution in [2.45, 2.75) is 90.1 Å². The zero-order valence-electron chi connectivity index (χ0n) is 20.7. The predicted molar refractivity (Wildman–Crippen MR) is 132 cm³/mol. The van der Waals surface area contributed by atoms with Crippen LogP contribution in [-0.2, 0) is 9.53 Å². The van der Waals surface area contributed by atoms with Crippen LogP contribution in [0.4, 0.5) is 0 Å². The number of amides is 1. The molecular weight excluding hydrogens is 426 g/mol. The Morgan fingerprint density at radius 2 is 1.59 bits per heavy atom. The fraction of sp³-hybridized carbons (Fsp3) is 0.724. The molecule has 5 heteroatoms. The van der Waals surface area contributed by atoms with Gasteiger partial charge in [0, 0.05) is 18.4 Å². The van der Waals surface area contributed by atoms with Crippen molar-refractivity contribution in [2.75, 3.05) is 13.2 Å². The van der Waals surface area contributed by atoms with Crippen molar-refractivity contribution in [3.8, 4) is 5.75 Å². The normalized spacial score (nSPS) is 31.1. The van der Waals surface area contributed by atoms with Gasteiger partial charge in [-0.3, -0.25) is 4.79 Å². The zero-order chi connectivity index (χ0) is 23.5. The highest BCUT2D eigenvalue weighted by molar-refractivity contribution is 5.89. The summed E-state index contributed by atoms with van der Waals surface area (Å²) in [7, 11) is 0. The van der Waals surface area contributed by atoms with Gasteiger partial charge in [0.1, 0.15) is 11.9 Å². The molecule has 4 bridgehead atoms. The summed E-state index contributed by atoms with van der Waals surface area (Å²) in [6.45, 7) is 2.87. The smallest absolute Gasteiger partial charge is 0.338 e. The van der Waals surface area contributed by atoms with Gasteiger partial charge in [-0.05, 0) is 106 Å². The average Bonchev–Trinajstić information content (AvgIpc) is 2.83. The van der Waals surface area contributed by atoms with Crippen LogP contribution in [0, 0.1) is 29.1 Å². The Morgan fingerprint density at radius 3 is 2.18 bits per heavy atom. The van der Waals surface area contributed by atoms with Gasteiger partial charge in [0.25, 0.3) is 0 Å². The van der Waals surface area contributed by atoms with Gasteiger partial charge in [-0.2, -0.15) is 0 Å². The van der Waals surface area contributed by atoms with Crippen LogP contribution >= 0.6 is 0 Å². The molecule has 5 fully saturated rings. The third-order valence-electron chi connectivity index (χ3n) is 9.06. The summed E-state index contributed by atoms with van der Waals surface area (Å²) in [6.07, 6.45) is 14.5. The number of hydrogen-bond acceptors (Lipinski definition) is 4. The van der Waals surface area contributed by atoms with Crippen molar-refractivity contribution in [2.24, 2.45) is 29.1 Å². The van der Waals surface area contributed by atoms with Crippen LogP contribution in [0.1, 0.15) is 94.3 Å². The molecule has 5 aliphatic rings. The highest BCUT2D eigenvalue weighted by Crippen LogP contribution is 2.60. The minimum Gasteiger partial charge on any atom is -0.490 e. The molecule has 0 aliphatic heterocycles. The molecule has 1 amide bonds. The monoisotopic (exact) mass is 467 g/mol. The SMILES string of the molecule is CCOC(=O)c1ccc(OC(CCNC(=O)C23CC4CC(CC(C4)C2)C3)C2CCCCC2)cc1. The maximum Gasteiger partial charge on any atom is 0.338 e. The average molecular weight is 468 g/mol. The Hall–Kier alpha value is -2.04. The molecule has 34 heavy (non-hydrogen) atoms. The van der Waals surface area contributed by atoms with Crippen molar-refractivity contribution in [3.05, 3.63) is 29.8 Å². The highest BCUT2D eigenvalue weighted by Gasteiger charge is 2.54. The van der Waals surface area contributed by atoms with Gasteiger partial charge in [-0.1, -0.05) is 19.3 Å². The van der Waals surface area contributed by atoms with Crippen LogP contribution in [0.5, 0.6) is 5.75 Å². The molecule has 1 N–H and O–H groups in total. The first-order valence-corrected chi connectivity index (χ1v) is 13.8. The summed E-state index contributed by atoms with van der Waals surface area (Å²) in [5.41, 5.74) is 0.463. The van der Waals surface area contributed by atoms with Crippen LogP contribution in [-0.4, -0.2) is 31.1 Å². The number of nitrogens with one attached hydrogen (secondary N) is 1. The van der Waals surface area contributed by atoms with E-state index in [1.165, 1.54) is 51.4 Å². The lowest BCUT2D eigenvalue weighted by molar-refractivity contribution is -0.146. The topological polar surface area (TPSA) is 64.6 Å². The third-order valence-corrected chi connectivity index (χ3v) is 9.06. The molecule has 6 rings (SSSR count). The first-order chi connectivity index (χ1) is 16.5. The van der Waals surface area contributed by atoms with Crippen LogP contribution in [0.15, 0.2) is 24.3 Å². The number of ether oxygens (including phenoxy) is 2. The van der Waals surface area contributed by atoms with Gasteiger partial charge in [0.2, 0.25) is 5.91 Å². The van der Waals surface area contributed by atoms with E-state index in [1.54, 1.807) is 12.1 Å². The Bertz CT molecular complexity index is 822. The summed E-state index contributed by atoms with van der Waals surface area (Å²) in [6, 6.07) is 7.30. The Balaban J connectivity index is 1.19. The minimum absolute atomic E-state index is 0.0845. The van der Waals surface area contributed by atoms with E-state index in [2.05, 4.69) is 5.32 Å². The van der Waals surface area contributed by atoms with E-state index in [4.69, 9.17) is 9.47 Å². The molecule has 5 aliphatic carbocycles. The number of benzene rings is 1. The standard InChI is InChI=1S/C29H41NO4/c1-2-33-27(31)24-8-10-25(11-9-24)34-26(23-6-4-3-5-7-23)12-13-30-28(32)29-17-20-14-21(18-29)16-22(15-20)19-29/h8-11,20-23,26H,2-7,12-19H2,1H3,(H,30,32). The van der Waals surface area contributed by atoms with Gasteiger partial charge in [-0.25, -0.2) is 4.79 Å². The summed E-state index contributed by atoms with van der Waals surface area (Å²) >= 11 is 0. The van der Waals surface area contributed by atoms with Crippen molar-refractivity contribution in [1.82, 2.24) is 5.32 Å². The molecule has 186 valence electrons. The second-order valence-electron chi connectivity index (χ2n) is 11.5. The highest BCUT2D eigenvalue weighted by atomic mass is 16.5. The van der Waals surface area contributed by atoms with Crippen LogP contribution in [0.2, 0.25) is 0 Å². The lowest BCUT2D eigenvalue weighted by Gasteiger charge is -2.55. The molecule has 5 saturated carbocycles. The molecule has 0 radical (unpaired) electrons. The summed E-state index contributed by atoms with van der Waals surface area (Å²) in [5, 5.41) is 3.35. The van der Waals surface area contributed by atoms with Crippen LogP contribution in [0.25, 0.3) is 0 Å². The molecule has 1 atom stereocenters. The van der Waals surface area contributed by atoms with Gasteiger partial charge < -0.3 is 14.8 Å². The van der Waals surface area contributed by atoms with Crippen molar-refractivity contribution < 1.29 is 19.1 Å². The molecule has 0 spiro atoms. The van der Waals surface area contributed by atoms with E-state index in [0.717, 1.165) is 49.2 Å². The second-order valence-corrected chi connectivity index (χ2v) is 11.5. The van der Waals surface area contributed by atoms with Crippen LogP contribution < -0.4 is 10.1 Å². The molecule has 1 aromatic carbocycles. The maximum absolute atomic E-state index is 13.4. The van der Waals surface area contributed by atoms with Crippen molar-refractivity contribution in [3.63, 3.8) is 0 Å². The zero-order valence-corrected chi connectivity index (χ0v) is 20.7. The summed E-state index contributed by atoms with van der Waals surface area (Å²) in [4.78, 5) is 25.3. The van der Waals surface area contributed by atoms with Gasteiger partial charge in [0.15, 0.2) is 0 Å². The van der Waals surface area contributed by atoms with E-state index in [-0.39, 0.29) is 17.5 Å². The van der Waals surface area contributed by atoms with Crippen LogP contribution in [0.3, 0.4) is 0 Å². The van der Waals surface area contributed by atoms with E-state index in [0.29, 0.717) is 30.5 Å². The van der Waals surface area contributed by atoms with E-state index in [1.807, 2.05) is 19.1 Å². The number of carbonyl (C=O) groups excluding carboxylic acids is 2. The lowest BCUT2D eigenvalue weighted by atomic mass is 9.49. The largest absolute Gasteiger partial charge is 0.490 e. The maximum atomic E-state index is 13.4. The van der Waals surface area contributed by atoms with E-state index >= 15 is 0 Å². The predicted octanol–water partition coefficient (Wildman–Crippen LogP) is 5.91. The number of hydrogen-bond donors (Lipinski definition) is 1. The summed E-state index contributed by atoms with van der Waals surface area (Å²) < 4.78 is 11.6. The third kappa shape index (κ3) is 5.13. The molecule has 0 heterocycles. The quantitative estimate of drug-likeness (QED) is 0.458. The molecule has 5 nitrogen and oxygen atoms in total. The summed E-state index contributed by atoms with van der Waals surface area (Å²) in [5.74, 6) is 3.68. The first kappa shape index (κ1) is 23.7. The fourth-order valence-electron chi connectivity index (χ4n) is 7.86. The lowest BCUT2D eigenvalue weighted by Crippen LogP contribution is -2.53. The van der Waals surface area contributed by atoms with Crippen molar-refractivity contribution in [1.29, 1.82) is 0 Å². The van der Waals surface area contributed by atoms with E-state index < -0.39 is 0 Å². The first-order valence-electron chi connectivity index (χ1n) is 13.8. The molecule has 0 aromatic heterocycles. The molecule has 1 aromatic rings. The number of carbonyl (C=O) groups is 2. The fourth-order valence-corrected chi connectivity index (χ4v) is 7.86. The Morgan fingerprint density at radius 1 is 0.971 bits per heavy atom. The van der Waals surface area contributed by atoms with Gasteiger partial charge >= 0.3 is 5.97 Å². The van der Waals surface area contributed by atoms with Gasteiger partial charge in [0.05, 0.1) is 12.2 Å².